The first-order chi connectivity index (χ1) is 14.1. The van der Waals surface area contributed by atoms with E-state index in [4.69, 9.17) is 18.9 Å². The van der Waals surface area contributed by atoms with Gasteiger partial charge in [-0.1, -0.05) is 0 Å². The molecule has 152 valence electrons. The van der Waals surface area contributed by atoms with E-state index in [9.17, 15) is 9.59 Å². The van der Waals surface area contributed by atoms with E-state index in [0.717, 1.165) is 0 Å². The number of fused-ring (bicyclic) bond motifs is 1. The van der Waals surface area contributed by atoms with E-state index in [2.05, 4.69) is 20.6 Å². The summed E-state index contributed by atoms with van der Waals surface area (Å²) in [6.45, 7) is 0.435. The van der Waals surface area contributed by atoms with Crippen molar-refractivity contribution < 1.29 is 28.5 Å². The van der Waals surface area contributed by atoms with E-state index in [1.165, 1.54) is 18.6 Å². The van der Waals surface area contributed by atoms with Crippen molar-refractivity contribution in [3.63, 3.8) is 0 Å². The Morgan fingerprint density at radius 3 is 2.62 bits per heavy atom. The molecule has 1 aromatic heterocycles. The molecule has 4 atom stereocenters. The van der Waals surface area contributed by atoms with Crippen LogP contribution in [0.1, 0.15) is 10.5 Å². The van der Waals surface area contributed by atoms with Gasteiger partial charge < -0.3 is 24.3 Å². The molecule has 2 amide bonds. The van der Waals surface area contributed by atoms with E-state index in [1.54, 1.807) is 31.4 Å². The number of amides is 2. The summed E-state index contributed by atoms with van der Waals surface area (Å²) in [6.07, 6.45) is 2.27. The van der Waals surface area contributed by atoms with Crippen LogP contribution in [0.25, 0.3) is 0 Å². The predicted molar refractivity (Wildman–Crippen MR) is 99.7 cm³/mol. The van der Waals surface area contributed by atoms with Gasteiger partial charge in [0.1, 0.15) is 23.7 Å². The highest BCUT2D eigenvalue weighted by molar-refractivity contribution is 5.92. The highest BCUT2D eigenvalue weighted by Gasteiger charge is 2.50. The Labute approximate surface area is 166 Å². The summed E-state index contributed by atoms with van der Waals surface area (Å²) in [4.78, 5) is 32.3. The molecule has 10 nitrogen and oxygen atoms in total. The van der Waals surface area contributed by atoms with Gasteiger partial charge in [0.2, 0.25) is 0 Å². The zero-order valence-corrected chi connectivity index (χ0v) is 15.6. The molecule has 2 saturated heterocycles. The Morgan fingerprint density at radius 2 is 1.90 bits per heavy atom. The molecule has 10 heteroatoms. The summed E-state index contributed by atoms with van der Waals surface area (Å²) in [5.74, 6) is 0.322. The van der Waals surface area contributed by atoms with Crippen LogP contribution in [-0.4, -0.2) is 66.6 Å². The molecule has 2 aliphatic heterocycles. The molecule has 0 radical (unpaired) electrons. The fourth-order valence-electron chi connectivity index (χ4n) is 3.31. The monoisotopic (exact) mass is 400 g/mol. The number of methoxy groups -OCH3 is 1. The van der Waals surface area contributed by atoms with E-state index < -0.39 is 24.4 Å². The average molecular weight is 400 g/mol. The van der Waals surface area contributed by atoms with Gasteiger partial charge in [0.25, 0.3) is 5.91 Å². The standard InChI is InChI=1S/C19H20N4O6/c1-26-12-4-2-11(3-5-12)22-19(25)29-15-10-28-16-14(9-27-17(15)16)23-18(24)13-8-20-6-7-21-13/h2-8,14-17H,9-10H2,1H3,(H,22,25)(H,23,24)/t14-,15+,16+,17+/m0/s1. The number of nitrogens with one attached hydrogen (secondary N) is 2. The number of nitrogens with zero attached hydrogens (tertiary/aromatic N) is 2. The number of aromatic nitrogens is 2. The van der Waals surface area contributed by atoms with Gasteiger partial charge in [0.15, 0.2) is 6.10 Å². The molecule has 0 spiro atoms. The van der Waals surface area contributed by atoms with Gasteiger partial charge in [-0.25, -0.2) is 9.78 Å². The molecule has 3 heterocycles. The minimum atomic E-state index is -0.611. The largest absolute Gasteiger partial charge is 0.497 e. The van der Waals surface area contributed by atoms with E-state index >= 15 is 0 Å². The van der Waals surface area contributed by atoms with Crippen LogP contribution in [0.2, 0.25) is 0 Å². The summed E-state index contributed by atoms with van der Waals surface area (Å²) >= 11 is 0. The lowest BCUT2D eigenvalue weighted by atomic mass is 10.1. The van der Waals surface area contributed by atoms with Crippen molar-refractivity contribution in [3.05, 3.63) is 48.5 Å². The Bertz CT molecular complexity index is 863. The second kappa shape index (κ2) is 8.41. The van der Waals surface area contributed by atoms with Crippen LogP contribution in [0.3, 0.4) is 0 Å². The van der Waals surface area contributed by atoms with Crippen molar-refractivity contribution >= 4 is 17.7 Å². The molecule has 29 heavy (non-hydrogen) atoms. The number of carbonyl (C=O) groups is 2. The van der Waals surface area contributed by atoms with Crippen LogP contribution in [0, 0.1) is 0 Å². The van der Waals surface area contributed by atoms with E-state index in [-0.39, 0.29) is 30.9 Å². The van der Waals surface area contributed by atoms with E-state index in [1.807, 2.05) is 0 Å². The minimum Gasteiger partial charge on any atom is -0.497 e. The van der Waals surface area contributed by atoms with Gasteiger partial charge in [-0.05, 0) is 24.3 Å². The van der Waals surface area contributed by atoms with Gasteiger partial charge in [0, 0.05) is 18.1 Å². The number of rotatable bonds is 5. The first kappa shape index (κ1) is 19.1. The zero-order chi connectivity index (χ0) is 20.2. The minimum absolute atomic E-state index is 0.183. The normalized spacial score (nSPS) is 25.1. The Kier molecular flexibility index (Phi) is 5.54. The van der Waals surface area contributed by atoms with Crippen molar-refractivity contribution in [2.24, 2.45) is 0 Å². The summed E-state index contributed by atoms with van der Waals surface area (Å²) < 4.78 is 22.0. The van der Waals surface area contributed by atoms with Gasteiger partial charge in [-0.2, -0.15) is 0 Å². The van der Waals surface area contributed by atoms with Crippen molar-refractivity contribution in [2.45, 2.75) is 24.4 Å². The molecule has 0 unspecified atom stereocenters. The second-order valence-electron chi connectivity index (χ2n) is 6.56. The van der Waals surface area contributed by atoms with Crippen molar-refractivity contribution in [3.8, 4) is 5.75 Å². The molecule has 2 fully saturated rings. The van der Waals surface area contributed by atoms with Crippen molar-refractivity contribution in [1.82, 2.24) is 15.3 Å². The molecule has 0 bridgehead atoms. The molecule has 0 aliphatic carbocycles. The molecule has 1 aromatic carbocycles. The Hall–Kier alpha value is -3.24. The highest BCUT2D eigenvalue weighted by Crippen LogP contribution is 2.29. The third-order valence-corrected chi connectivity index (χ3v) is 4.72. The van der Waals surface area contributed by atoms with Crippen LogP contribution >= 0.6 is 0 Å². The number of benzene rings is 1. The molecule has 0 saturated carbocycles. The lowest BCUT2D eigenvalue weighted by Gasteiger charge is -2.18. The summed E-state index contributed by atoms with van der Waals surface area (Å²) in [7, 11) is 1.57. The van der Waals surface area contributed by atoms with Crippen molar-refractivity contribution in [1.29, 1.82) is 0 Å². The maximum Gasteiger partial charge on any atom is 0.412 e. The summed E-state index contributed by atoms with van der Waals surface area (Å²) in [5.41, 5.74) is 0.785. The fourth-order valence-corrected chi connectivity index (χ4v) is 3.31. The SMILES string of the molecule is COc1ccc(NC(=O)O[C@@H]2CO[C@H]3[C@@H]2OC[C@@H]3NC(=O)c2cnccn2)cc1. The number of hydrogen-bond acceptors (Lipinski definition) is 8. The molecule has 2 aromatic rings. The maximum atomic E-state index is 12.3. The highest BCUT2D eigenvalue weighted by atomic mass is 16.6. The van der Waals surface area contributed by atoms with Gasteiger partial charge in [-0.15, -0.1) is 0 Å². The Morgan fingerprint density at radius 1 is 1.10 bits per heavy atom. The molecular formula is C19H20N4O6. The number of anilines is 1. The summed E-state index contributed by atoms with van der Waals surface area (Å²) in [6, 6.07) is 6.51. The fraction of sp³-hybridized carbons (Fsp3) is 0.368. The van der Waals surface area contributed by atoms with Crippen LogP contribution in [-0.2, 0) is 14.2 Å². The van der Waals surface area contributed by atoms with Gasteiger partial charge in [0.05, 0.1) is 32.6 Å². The average Bonchev–Trinajstić information content (AvgIpc) is 3.32. The molecular weight excluding hydrogens is 380 g/mol. The Balaban J connectivity index is 1.30. The van der Waals surface area contributed by atoms with Gasteiger partial charge in [-0.3, -0.25) is 15.1 Å². The van der Waals surface area contributed by atoms with Crippen LogP contribution < -0.4 is 15.4 Å². The van der Waals surface area contributed by atoms with Crippen LogP contribution in [0.4, 0.5) is 10.5 Å². The lowest BCUT2D eigenvalue weighted by molar-refractivity contribution is 0.00861. The van der Waals surface area contributed by atoms with Crippen molar-refractivity contribution in [2.75, 3.05) is 25.6 Å². The zero-order valence-electron chi connectivity index (χ0n) is 15.6. The predicted octanol–water partition coefficient (Wildman–Crippen LogP) is 0.998. The number of ether oxygens (including phenoxy) is 4. The first-order valence-corrected chi connectivity index (χ1v) is 9.06. The molecule has 4 rings (SSSR count). The van der Waals surface area contributed by atoms with E-state index in [0.29, 0.717) is 11.4 Å². The third-order valence-electron chi connectivity index (χ3n) is 4.72. The second-order valence-corrected chi connectivity index (χ2v) is 6.56. The van der Waals surface area contributed by atoms with Crippen LogP contribution in [0.5, 0.6) is 5.75 Å². The van der Waals surface area contributed by atoms with Crippen LogP contribution in [0.15, 0.2) is 42.9 Å². The number of hydrogen-bond donors (Lipinski definition) is 2. The number of carbonyl (C=O) groups excluding carboxylic acids is 2. The quantitative estimate of drug-likeness (QED) is 0.763. The third kappa shape index (κ3) is 4.28. The maximum absolute atomic E-state index is 12.3. The first-order valence-electron chi connectivity index (χ1n) is 9.06. The topological polar surface area (TPSA) is 121 Å². The summed E-state index contributed by atoms with van der Waals surface area (Å²) in [5, 5.41) is 5.48. The van der Waals surface area contributed by atoms with Gasteiger partial charge >= 0.3 is 6.09 Å². The molecule has 2 aliphatic rings. The lowest BCUT2D eigenvalue weighted by Crippen LogP contribution is -2.44. The molecule has 2 N–H and O–H groups in total. The smallest absolute Gasteiger partial charge is 0.412 e.